The second-order valence-electron chi connectivity index (χ2n) is 6.54. The number of nitrogens with zero attached hydrogens (tertiary/aromatic N) is 2. The van der Waals surface area contributed by atoms with E-state index in [-0.39, 0.29) is 6.10 Å². The van der Waals surface area contributed by atoms with Gasteiger partial charge in [-0.2, -0.15) is 5.10 Å². The van der Waals surface area contributed by atoms with Gasteiger partial charge >= 0.3 is 11.8 Å². The monoisotopic (exact) mass is 368 g/mol. The Hall–Kier alpha value is -2.93. The third-order valence-electron chi connectivity index (χ3n) is 4.57. The first-order chi connectivity index (χ1) is 13.1. The molecule has 27 heavy (non-hydrogen) atoms. The Morgan fingerprint density at radius 3 is 2.74 bits per heavy atom. The number of hydrazone groups is 1. The molecule has 0 saturated carbocycles. The minimum atomic E-state index is -0.791. The normalized spacial score (nSPS) is 16.6. The zero-order valence-corrected chi connectivity index (χ0v) is 15.6. The van der Waals surface area contributed by atoms with Crippen molar-refractivity contribution in [3.63, 3.8) is 0 Å². The van der Waals surface area contributed by atoms with E-state index in [1.807, 2.05) is 50.2 Å². The van der Waals surface area contributed by atoms with E-state index in [1.54, 1.807) is 6.21 Å². The Bertz CT molecular complexity index is 836. The molecule has 142 valence electrons. The van der Waals surface area contributed by atoms with Crippen LogP contribution >= 0.6 is 0 Å². The Labute approximate surface area is 158 Å². The van der Waals surface area contributed by atoms with Crippen LogP contribution in [0.2, 0.25) is 0 Å². The molecule has 2 heterocycles. The van der Waals surface area contributed by atoms with Crippen LogP contribution in [0.4, 0.5) is 0 Å². The fraction of sp³-hybridized carbons (Fsp3) is 0.350. The number of benzene rings is 1. The molecule has 2 amide bonds. The van der Waals surface area contributed by atoms with Crippen LogP contribution in [0.5, 0.6) is 0 Å². The first kappa shape index (κ1) is 18.8. The first-order valence-corrected chi connectivity index (χ1v) is 9.03. The zero-order valence-electron chi connectivity index (χ0n) is 15.6. The molecule has 0 aliphatic carbocycles. The smallest absolute Gasteiger partial charge is 0.329 e. The largest absolute Gasteiger partial charge is 0.376 e. The molecule has 7 heteroatoms. The van der Waals surface area contributed by atoms with Crippen molar-refractivity contribution in [3.05, 3.63) is 53.3 Å². The number of hydrogen-bond acceptors (Lipinski definition) is 4. The maximum atomic E-state index is 11.8. The quantitative estimate of drug-likeness (QED) is 0.480. The van der Waals surface area contributed by atoms with Crippen molar-refractivity contribution < 1.29 is 14.3 Å². The maximum Gasteiger partial charge on any atom is 0.329 e. The number of amides is 2. The number of carbonyl (C=O) groups excluding carboxylic acids is 2. The SMILES string of the molecule is Cc1cc(/C=N\NC(=O)C(=O)NC[C@@H]2CCCO2)c(C)n1-c1ccccc1. The summed E-state index contributed by atoms with van der Waals surface area (Å²) in [6, 6.07) is 12.0. The second-order valence-corrected chi connectivity index (χ2v) is 6.54. The molecule has 1 saturated heterocycles. The van der Waals surface area contributed by atoms with E-state index >= 15 is 0 Å². The molecule has 1 aliphatic rings. The number of aryl methyl sites for hydroxylation is 1. The molecule has 0 unspecified atom stereocenters. The summed E-state index contributed by atoms with van der Waals surface area (Å²) in [4.78, 5) is 23.6. The maximum absolute atomic E-state index is 11.8. The van der Waals surface area contributed by atoms with Gasteiger partial charge in [0.2, 0.25) is 0 Å². The molecule has 1 atom stereocenters. The molecule has 0 spiro atoms. The summed E-state index contributed by atoms with van der Waals surface area (Å²) in [7, 11) is 0. The van der Waals surface area contributed by atoms with Gasteiger partial charge in [-0.15, -0.1) is 0 Å². The predicted octanol–water partition coefficient (Wildman–Crippen LogP) is 1.84. The molecule has 1 aliphatic heterocycles. The number of ether oxygens (including phenoxy) is 1. The highest BCUT2D eigenvalue weighted by Gasteiger charge is 2.19. The van der Waals surface area contributed by atoms with Gasteiger partial charge in [0.15, 0.2) is 0 Å². The van der Waals surface area contributed by atoms with Gasteiger partial charge in [-0.25, -0.2) is 5.43 Å². The van der Waals surface area contributed by atoms with E-state index in [4.69, 9.17) is 4.74 Å². The van der Waals surface area contributed by atoms with E-state index in [0.29, 0.717) is 13.2 Å². The summed E-state index contributed by atoms with van der Waals surface area (Å²) in [5, 5.41) is 6.49. The van der Waals surface area contributed by atoms with Crippen molar-refractivity contribution in [3.8, 4) is 5.69 Å². The highest BCUT2D eigenvalue weighted by atomic mass is 16.5. The van der Waals surface area contributed by atoms with Crippen LogP contribution in [0, 0.1) is 13.8 Å². The number of hydrogen-bond donors (Lipinski definition) is 2. The van der Waals surface area contributed by atoms with Crippen molar-refractivity contribution in [2.75, 3.05) is 13.2 Å². The second kappa shape index (κ2) is 8.64. The Morgan fingerprint density at radius 1 is 1.26 bits per heavy atom. The molecule has 2 N–H and O–H groups in total. The fourth-order valence-electron chi connectivity index (χ4n) is 3.20. The van der Waals surface area contributed by atoms with Gasteiger partial charge in [-0.3, -0.25) is 9.59 Å². The van der Waals surface area contributed by atoms with Gasteiger partial charge in [0.25, 0.3) is 0 Å². The average molecular weight is 368 g/mol. The third-order valence-corrected chi connectivity index (χ3v) is 4.57. The molecular weight excluding hydrogens is 344 g/mol. The van der Waals surface area contributed by atoms with Crippen LogP contribution < -0.4 is 10.7 Å². The number of para-hydroxylation sites is 1. The molecule has 2 aromatic rings. The summed E-state index contributed by atoms with van der Waals surface area (Å²) in [6.45, 7) is 5.04. The number of rotatable bonds is 5. The lowest BCUT2D eigenvalue weighted by molar-refractivity contribution is -0.139. The molecule has 3 rings (SSSR count). The van der Waals surface area contributed by atoms with Crippen molar-refractivity contribution in [1.82, 2.24) is 15.3 Å². The van der Waals surface area contributed by atoms with Gasteiger partial charge in [0, 0.05) is 35.8 Å². The van der Waals surface area contributed by atoms with Crippen LogP contribution in [-0.2, 0) is 14.3 Å². The van der Waals surface area contributed by atoms with E-state index < -0.39 is 11.8 Å². The van der Waals surface area contributed by atoms with Gasteiger partial charge < -0.3 is 14.6 Å². The van der Waals surface area contributed by atoms with Crippen LogP contribution in [-0.4, -0.2) is 41.9 Å². The fourth-order valence-corrected chi connectivity index (χ4v) is 3.20. The van der Waals surface area contributed by atoms with E-state index in [0.717, 1.165) is 35.5 Å². The Balaban J connectivity index is 1.58. The zero-order chi connectivity index (χ0) is 19.2. The Morgan fingerprint density at radius 2 is 2.04 bits per heavy atom. The molecule has 7 nitrogen and oxygen atoms in total. The number of aromatic nitrogens is 1. The summed E-state index contributed by atoms with van der Waals surface area (Å²) >= 11 is 0. The molecule has 0 bridgehead atoms. The van der Waals surface area contributed by atoms with Gasteiger partial charge in [-0.05, 0) is 44.9 Å². The summed E-state index contributed by atoms with van der Waals surface area (Å²) in [6.07, 6.45) is 3.43. The molecule has 1 fully saturated rings. The lowest BCUT2D eigenvalue weighted by atomic mass is 10.2. The van der Waals surface area contributed by atoms with Crippen LogP contribution in [0.15, 0.2) is 41.5 Å². The summed E-state index contributed by atoms with van der Waals surface area (Å²) in [5.41, 5.74) is 6.26. The van der Waals surface area contributed by atoms with Crippen molar-refractivity contribution >= 4 is 18.0 Å². The average Bonchev–Trinajstić information content (AvgIpc) is 3.28. The summed E-state index contributed by atoms with van der Waals surface area (Å²) < 4.78 is 7.52. The standard InChI is InChI=1S/C20H24N4O3/c1-14-11-16(15(2)24(14)17-7-4-3-5-8-17)12-22-23-20(26)19(25)21-13-18-9-6-10-27-18/h3-5,7-8,11-12,18H,6,9-10,13H2,1-2H3,(H,21,25)(H,23,26)/b22-12-/t18-/m0/s1. The first-order valence-electron chi connectivity index (χ1n) is 9.03. The highest BCUT2D eigenvalue weighted by Crippen LogP contribution is 2.19. The molecular formula is C20H24N4O3. The van der Waals surface area contributed by atoms with Crippen molar-refractivity contribution in [2.45, 2.75) is 32.8 Å². The lowest BCUT2D eigenvalue weighted by Crippen LogP contribution is -2.41. The number of carbonyl (C=O) groups is 2. The summed E-state index contributed by atoms with van der Waals surface area (Å²) in [5.74, 6) is -1.50. The van der Waals surface area contributed by atoms with Crippen LogP contribution in [0.3, 0.4) is 0 Å². The minimum absolute atomic E-state index is 0.00590. The molecule has 1 aromatic carbocycles. The number of nitrogens with one attached hydrogen (secondary N) is 2. The molecule has 0 radical (unpaired) electrons. The van der Waals surface area contributed by atoms with Gasteiger partial charge in [-0.1, -0.05) is 18.2 Å². The minimum Gasteiger partial charge on any atom is -0.376 e. The lowest BCUT2D eigenvalue weighted by Gasteiger charge is -2.09. The predicted molar refractivity (Wildman–Crippen MR) is 103 cm³/mol. The topological polar surface area (TPSA) is 84.7 Å². The van der Waals surface area contributed by atoms with Gasteiger partial charge in [0.1, 0.15) is 0 Å². The molecule has 1 aromatic heterocycles. The third kappa shape index (κ3) is 4.62. The van der Waals surface area contributed by atoms with E-state index in [2.05, 4.69) is 20.4 Å². The van der Waals surface area contributed by atoms with Gasteiger partial charge in [0.05, 0.1) is 12.3 Å². The van der Waals surface area contributed by atoms with E-state index in [1.165, 1.54) is 0 Å². The van der Waals surface area contributed by atoms with Crippen LogP contribution in [0.1, 0.15) is 29.8 Å². The Kier molecular flexibility index (Phi) is 6.03. The van der Waals surface area contributed by atoms with Crippen molar-refractivity contribution in [2.24, 2.45) is 5.10 Å². The highest BCUT2D eigenvalue weighted by molar-refractivity contribution is 6.35. The van der Waals surface area contributed by atoms with Crippen molar-refractivity contribution in [1.29, 1.82) is 0 Å². The van der Waals surface area contributed by atoms with Crippen LogP contribution in [0.25, 0.3) is 5.69 Å². The van der Waals surface area contributed by atoms with E-state index in [9.17, 15) is 9.59 Å².